The lowest BCUT2D eigenvalue weighted by Crippen LogP contribution is -2.28. The minimum Gasteiger partial charge on any atom is -0.387 e. The predicted molar refractivity (Wildman–Crippen MR) is 68.5 cm³/mol. The Morgan fingerprint density at radius 3 is 2.24 bits per heavy atom. The zero-order chi connectivity index (χ0) is 12.8. The molecule has 0 saturated heterocycles. The summed E-state index contributed by atoms with van der Waals surface area (Å²) in [5, 5.41) is 8.74. The molecule has 1 aromatic carbocycles. The van der Waals surface area contributed by atoms with E-state index in [0.717, 1.165) is 12.0 Å². The molecule has 1 aromatic rings. The molecule has 1 amide bonds. The summed E-state index contributed by atoms with van der Waals surface area (Å²) in [6.07, 6.45) is 1.08. The molecular formula is C14H21NO2. The van der Waals surface area contributed by atoms with E-state index < -0.39 is 6.61 Å². The fourth-order valence-electron chi connectivity index (χ4n) is 1.73. The van der Waals surface area contributed by atoms with Crippen LogP contribution in [0.1, 0.15) is 25.0 Å². The Kier molecular flexibility index (Phi) is 5.16. The molecule has 0 bridgehead atoms. The van der Waals surface area contributed by atoms with Crippen LogP contribution in [0.5, 0.6) is 0 Å². The van der Waals surface area contributed by atoms with Gasteiger partial charge in [0.15, 0.2) is 0 Å². The Morgan fingerprint density at radius 1 is 1.24 bits per heavy atom. The zero-order valence-electron chi connectivity index (χ0n) is 10.8. The molecule has 1 rings (SSSR count). The van der Waals surface area contributed by atoms with Gasteiger partial charge in [0.2, 0.25) is 5.91 Å². The van der Waals surface area contributed by atoms with Gasteiger partial charge in [-0.15, -0.1) is 0 Å². The van der Waals surface area contributed by atoms with E-state index in [1.165, 1.54) is 10.5 Å². The molecule has 0 unspecified atom stereocenters. The third-order valence-electron chi connectivity index (χ3n) is 2.65. The van der Waals surface area contributed by atoms with Gasteiger partial charge in [-0.1, -0.05) is 38.1 Å². The van der Waals surface area contributed by atoms with Crippen molar-refractivity contribution in [1.29, 1.82) is 0 Å². The summed E-state index contributed by atoms with van der Waals surface area (Å²) >= 11 is 0. The maximum Gasteiger partial charge on any atom is 0.248 e. The number of nitrogens with zero attached hydrogens (tertiary/aromatic N) is 1. The first kappa shape index (κ1) is 13.7. The van der Waals surface area contributed by atoms with Crippen molar-refractivity contribution < 1.29 is 9.90 Å². The molecule has 0 radical (unpaired) electrons. The monoisotopic (exact) mass is 235 g/mol. The summed E-state index contributed by atoms with van der Waals surface area (Å²) in [7, 11) is 1.70. The minimum atomic E-state index is -0.429. The molecule has 0 aliphatic rings. The minimum absolute atomic E-state index is 0.253. The lowest BCUT2D eigenvalue weighted by molar-refractivity contribution is -0.133. The van der Waals surface area contributed by atoms with Gasteiger partial charge >= 0.3 is 0 Å². The number of hydrogen-bond acceptors (Lipinski definition) is 2. The van der Waals surface area contributed by atoms with E-state index >= 15 is 0 Å². The quantitative estimate of drug-likeness (QED) is 0.846. The van der Waals surface area contributed by atoms with Crippen LogP contribution >= 0.6 is 0 Å². The fraction of sp³-hybridized carbons (Fsp3) is 0.500. The number of hydrogen-bond donors (Lipinski definition) is 1. The Bertz CT molecular complexity index is 357. The summed E-state index contributed by atoms with van der Waals surface area (Å²) in [4.78, 5) is 12.7. The zero-order valence-corrected chi connectivity index (χ0v) is 10.8. The number of likely N-dealkylation sites (N-methyl/N-ethyl adjacent to an activating group) is 1. The van der Waals surface area contributed by atoms with Gasteiger partial charge in [-0.2, -0.15) is 0 Å². The van der Waals surface area contributed by atoms with E-state index in [0.29, 0.717) is 12.5 Å². The van der Waals surface area contributed by atoms with Crippen molar-refractivity contribution in [2.24, 2.45) is 5.92 Å². The van der Waals surface area contributed by atoms with Crippen molar-refractivity contribution in [2.75, 3.05) is 13.7 Å². The second-order valence-electron chi connectivity index (χ2n) is 4.82. The first-order valence-electron chi connectivity index (χ1n) is 5.95. The third kappa shape index (κ3) is 4.57. The van der Waals surface area contributed by atoms with Crippen LogP contribution < -0.4 is 0 Å². The highest BCUT2D eigenvalue weighted by Gasteiger charge is 2.07. The lowest BCUT2D eigenvalue weighted by atomic mass is 10.0. The summed E-state index contributed by atoms with van der Waals surface area (Å²) in [6.45, 7) is 4.51. The van der Waals surface area contributed by atoms with Gasteiger partial charge in [0.05, 0.1) is 0 Å². The number of carbonyl (C=O) groups excluding carboxylic acids is 1. The third-order valence-corrected chi connectivity index (χ3v) is 2.65. The van der Waals surface area contributed by atoms with E-state index in [1.807, 2.05) is 12.1 Å². The van der Waals surface area contributed by atoms with Crippen LogP contribution in [-0.4, -0.2) is 29.6 Å². The average molecular weight is 235 g/mol. The van der Waals surface area contributed by atoms with Gasteiger partial charge in [0, 0.05) is 13.6 Å². The molecule has 0 spiro atoms. The van der Waals surface area contributed by atoms with Crippen molar-refractivity contribution >= 4 is 5.91 Å². The van der Waals surface area contributed by atoms with Crippen LogP contribution in [-0.2, 0) is 17.8 Å². The lowest BCUT2D eigenvalue weighted by Gasteiger charge is -2.16. The highest BCUT2D eigenvalue weighted by Crippen LogP contribution is 2.11. The average Bonchev–Trinajstić information content (AvgIpc) is 2.30. The van der Waals surface area contributed by atoms with Crippen LogP contribution in [0.15, 0.2) is 24.3 Å². The second kappa shape index (κ2) is 6.40. The first-order valence-corrected chi connectivity index (χ1v) is 5.95. The van der Waals surface area contributed by atoms with Gasteiger partial charge in [-0.25, -0.2) is 0 Å². The molecule has 0 heterocycles. The SMILES string of the molecule is CC(C)Cc1ccc(CN(C)C(=O)CO)cc1. The van der Waals surface area contributed by atoms with E-state index in [1.54, 1.807) is 7.05 Å². The van der Waals surface area contributed by atoms with Crippen LogP contribution in [0.25, 0.3) is 0 Å². The van der Waals surface area contributed by atoms with Gasteiger partial charge in [-0.3, -0.25) is 4.79 Å². The Morgan fingerprint density at radius 2 is 1.76 bits per heavy atom. The number of aliphatic hydroxyl groups is 1. The van der Waals surface area contributed by atoms with Crippen LogP contribution in [0.3, 0.4) is 0 Å². The molecule has 0 fully saturated rings. The molecule has 0 aliphatic heterocycles. The number of carbonyl (C=O) groups is 1. The number of benzene rings is 1. The van der Waals surface area contributed by atoms with Crippen LogP contribution in [0.4, 0.5) is 0 Å². The molecule has 0 atom stereocenters. The van der Waals surface area contributed by atoms with Gasteiger partial charge in [0.1, 0.15) is 6.61 Å². The Balaban J connectivity index is 2.59. The number of amides is 1. The van der Waals surface area contributed by atoms with Crippen LogP contribution in [0.2, 0.25) is 0 Å². The molecule has 1 N–H and O–H groups in total. The van der Waals surface area contributed by atoms with Gasteiger partial charge in [0.25, 0.3) is 0 Å². The molecular weight excluding hydrogens is 214 g/mol. The first-order chi connectivity index (χ1) is 8.02. The van der Waals surface area contributed by atoms with Crippen molar-refractivity contribution in [3.8, 4) is 0 Å². The fourth-order valence-corrected chi connectivity index (χ4v) is 1.73. The molecule has 94 valence electrons. The van der Waals surface area contributed by atoms with Crippen molar-refractivity contribution in [3.63, 3.8) is 0 Å². The maximum atomic E-state index is 11.2. The maximum absolute atomic E-state index is 11.2. The standard InChI is InChI=1S/C14H21NO2/c1-11(2)8-12-4-6-13(7-5-12)9-15(3)14(17)10-16/h4-7,11,16H,8-10H2,1-3H3. The topological polar surface area (TPSA) is 40.5 Å². The van der Waals surface area contributed by atoms with Crippen molar-refractivity contribution in [2.45, 2.75) is 26.8 Å². The Hall–Kier alpha value is -1.35. The van der Waals surface area contributed by atoms with E-state index in [4.69, 9.17) is 5.11 Å². The Labute approximate surface area is 103 Å². The van der Waals surface area contributed by atoms with Crippen LogP contribution in [0, 0.1) is 5.92 Å². The van der Waals surface area contributed by atoms with E-state index in [2.05, 4.69) is 26.0 Å². The smallest absolute Gasteiger partial charge is 0.248 e. The van der Waals surface area contributed by atoms with Gasteiger partial charge < -0.3 is 10.0 Å². The molecule has 0 aromatic heterocycles. The summed E-state index contributed by atoms with van der Waals surface area (Å²) in [5.74, 6) is 0.399. The molecule has 17 heavy (non-hydrogen) atoms. The highest BCUT2D eigenvalue weighted by atomic mass is 16.3. The molecule has 0 saturated carbocycles. The summed E-state index contributed by atoms with van der Waals surface area (Å²) < 4.78 is 0. The molecule has 3 heteroatoms. The van der Waals surface area contributed by atoms with Gasteiger partial charge in [-0.05, 0) is 23.5 Å². The van der Waals surface area contributed by atoms with Crippen molar-refractivity contribution in [1.82, 2.24) is 4.90 Å². The largest absolute Gasteiger partial charge is 0.387 e. The summed E-state index contributed by atoms with van der Waals surface area (Å²) in [5.41, 5.74) is 2.40. The van der Waals surface area contributed by atoms with Crippen molar-refractivity contribution in [3.05, 3.63) is 35.4 Å². The van der Waals surface area contributed by atoms with E-state index in [-0.39, 0.29) is 5.91 Å². The number of aliphatic hydroxyl groups excluding tert-OH is 1. The summed E-state index contributed by atoms with van der Waals surface area (Å²) in [6, 6.07) is 8.29. The second-order valence-corrected chi connectivity index (χ2v) is 4.82. The molecule has 0 aliphatic carbocycles. The normalized spacial score (nSPS) is 10.6. The van der Waals surface area contributed by atoms with E-state index in [9.17, 15) is 4.79 Å². The molecule has 3 nitrogen and oxygen atoms in total. The number of rotatable bonds is 5. The predicted octanol–water partition coefficient (Wildman–Crippen LogP) is 1.84. The highest BCUT2D eigenvalue weighted by molar-refractivity contribution is 5.76.